The molecule has 0 unspecified atom stereocenters. The maximum Gasteiger partial charge on any atom is 0.237 e. The summed E-state index contributed by atoms with van der Waals surface area (Å²) in [4.78, 5) is -0.0437. The van der Waals surface area contributed by atoms with Crippen LogP contribution in [0, 0.1) is 22.7 Å². The molecule has 0 aliphatic rings. The molecule has 0 bridgehead atoms. The second-order valence-corrected chi connectivity index (χ2v) is 6.16. The topological polar surface area (TPSA) is 106 Å². The fraction of sp³-hybridized carbons (Fsp3) is 0.100. The van der Waals surface area contributed by atoms with Crippen molar-refractivity contribution in [3.05, 3.63) is 22.2 Å². The Labute approximate surface area is 119 Å². The molecule has 0 atom stereocenters. The average Bonchev–Trinajstić information content (AvgIpc) is 2.31. The molecule has 0 radical (unpaired) electrons. The molecule has 1 aromatic rings. The summed E-state index contributed by atoms with van der Waals surface area (Å²) in [5.41, 5.74) is 2.04. The van der Waals surface area contributed by atoms with E-state index in [1.165, 1.54) is 12.1 Å². The van der Waals surface area contributed by atoms with Crippen LogP contribution in [0.2, 0.25) is 10.0 Å². The number of nitrogens with one attached hydrogen (secondary N) is 1. The van der Waals surface area contributed by atoms with E-state index in [0.29, 0.717) is 0 Å². The zero-order chi connectivity index (χ0) is 14.6. The van der Waals surface area contributed by atoms with E-state index in [-0.39, 0.29) is 20.6 Å². The van der Waals surface area contributed by atoms with Crippen molar-refractivity contribution in [2.24, 2.45) is 5.10 Å². The summed E-state index contributed by atoms with van der Waals surface area (Å²) in [5.74, 6) is 0. The molecule has 0 saturated carbocycles. The lowest BCUT2D eigenvalue weighted by molar-refractivity contribution is 0.602. The molecule has 0 aromatic heterocycles. The zero-order valence-electron chi connectivity index (χ0n) is 9.48. The van der Waals surface area contributed by atoms with E-state index >= 15 is 0 Å². The predicted octanol–water partition coefficient (Wildman–Crippen LogP) is 2.21. The number of hydrogen-bond acceptors (Lipinski definition) is 6. The molecule has 1 N–H and O–H groups in total. The van der Waals surface area contributed by atoms with Gasteiger partial charge in [0.1, 0.15) is 12.1 Å². The number of sulfone groups is 1. The van der Waals surface area contributed by atoms with Gasteiger partial charge in [-0.25, -0.2) is 8.42 Å². The quantitative estimate of drug-likeness (QED) is 0.679. The summed E-state index contributed by atoms with van der Waals surface area (Å²) in [6, 6.07) is 5.47. The van der Waals surface area contributed by atoms with Gasteiger partial charge in [-0.05, 0) is 12.1 Å². The minimum Gasteiger partial charge on any atom is -0.273 e. The van der Waals surface area contributed by atoms with Gasteiger partial charge in [0.2, 0.25) is 5.71 Å². The van der Waals surface area contributed by atoms with Crippen molar-refractivity contribution < 1.29 is 8.42 Å². The Morgan fingerprint density at radius 2 is 1.74 bits per heavy atom. The van der Waals surface area contributed by atoms with E-state index in [9.17, 15) is 8.42 Å². The van der Waals surface area contributed by atoms with Crippen LogP contribution in [-0.4, -0.2) is 20.4 Å². The molecule has 9 heteroatoms. The minimum absolute atomic E-state index is 0.00639. The van der Waals surface area contributed by atoms with Crippen LogP contribution in [0.1, 0.15) is 0 Å². The Morgan fingerprint density at radius 3 is 2.11 bits per heavy atom. The normalized spacial score (nSPS) is 10.2. The van der Waals surface area contributed by atoms with Crippen LogP contribution in [0.4, 0.5) is 5.69 Å². The standard InChI is InChI=1S/C10H6Cl2N4O2S/c1-19(17,18)7-2-8(11)10(9(12)3-7)16-15-6(4-13)5-14/h2-3,16H,1H3. The monoisotopic (exact) mass is 316 g/mol. The van der Waals surface area contributed by atoms with Crippen molar-refractivity contribution in [1.82, 2.24) is 0 Å². The van der Waals surface area contributed by atoms with Gasteiger partial charge in [-0.2, -0.15) is 15.6 Å². The van der Waals surface area contributed by atoms with Crippen LogP contribution < -0.4 is 5.43 Å². The van der Waals surface area contributed by atoms with Gasteiger partial charge in [-0.3, -0.25) is 5.43 Å². The summed E-state index contributed by atoms with van der Waals surface area (Å²) in [5, 5.41) is 20.5. The molecular formula is C10H6Cl2N4O2S. The van der Waals surface area contributed by atoms with Gasteiger partial charge in [-0.1, -0.05) is 23.2 Å². The first-order chi connectivity index (χ1) is 8.79. The van der Waals surface area contributed by atoms with Crippen molar-refractivity contribution in [1.29, 1.82) is 10.5 Å². The molecule has 6 nitrogen and oxygen atoms in total. The Morgan fingerprint density at radius 1 is 1.26 bits per heavy atom. The molecule has 98 valence electrons. The highest BCUT2D eigenvalue weighted by molar-refractivity contribution is 7.90. The Kier molecular flexibility index (Phi) is 4.73. The van der Waals surface area contributed by atoms with Gasteiger partial charge in [-0.15, -0.1) is 0 Å². The second kappa shape index (κ2) is 5.89. The predicted molar refractivity (Wildman–Crippen MR) is 71.9 cm³/mol. The number of anilines is 1. The lowest BCUT2D eigenvalue weighted by Crippen LogP contribution is -2.01. The van der Waals surface area contributed by atoms with Gasteiger partial charge < -0.3 is 0 Å². The van der Waals surface area contributed by atoms with Crippen molar-refractivity contribution in [2.45, 2.75) is 4.90 Å². The highest BCUT2D eigenvalue weighted by Crippen LogP contribution is 2.33. The summed E-state index contributed by atoms with van der Waals surface area (Å²) in [6.45, 7) is 0. The number of nitriles is 2. The van der Waals surface area contributed by atoms with Crippen molar-refractivity contribution in [2.75, 3.05) is 11.7 Å². The summed E-state index contributed by atoms with van der Waals surface area (Å²) >= 11 is 11.7. The first kappa shape index (κ1) is 15.3. The van der Waals surface area contributed by atoms with E-state index in [2.05, 4.69) is 10.5 Å². The van der Waals surface area contributed by atoms with Crippen molar-refractivity contribution >= 4 is 44.4 Å². The molecule has 19 heavy (non-hydrogen) atoms. The van der Waals surface area contributed by atoms with Crippen molar-refractivity contribution in [3.63, 3.8) is 0 Å². The number of hydrazone groups is 1. The molecule has 0 aliphatic heterocycles. The number of hydrogen-bond donors (Lipinski definition) is 1. The summed E-state index contributed by atoms with van der Waals surface area (Å²) < 4.78 is 22.7. The average molecular weight is 317 g/mol. The van der Waals surface area contributed by atoms with Crippen LogP contribution in [0.3, 0.4) is 0 Å². The van der Waals surface area contributed by atoms with Gasteiger partial charge >= 0.3 is 0 Å². The second-order valence-electron chi connectivity index (χ2n) is 3.33. The smallest absolute Gasteiger partial charge is 0.237 e. The van der Waals surface area contributed by atoms with Crippen LogP contribution in [0.5, 0.6) is 0 Å². The number of rotatable bonds is 3. The third-order valence-corrected chi connectivity index (χ3v) is 3.62. The molecule has 1 aromatic carbocycles. The molecule has 0 spiro atoms. The lowest BCUT2D eigenvalue weighted by atomic mass is 10.3. The summed E-state index contributed by atoms with van der Waals surface area (Å²) in [6.07, 6.45) is 1.02. The van der Waals surface area contributed by atoms with E-state index < -0.39 is 15.5 Å². The summed E-state index contributed by atoms with van der Waals surface area (Å²) in [7, 11) is -3.44. The fourth-order valence-corrected chi connectivity index (χ4v) is 2.42. The molecule has 0 amide bonds. The van der Waals surface area contributed by atoms with Crippen LogP contribution >= 0.6 is 23.2 Å². The number of benzene rings is 1. The third kappa shape index (κ3) is 3.83. The van der Waals surface area contributed by atoms with Crippen molar-refractivity contribution in [3.8, 4) is 12.1 Å². The number of nitrogens with zero attached hydrogens (tertiary/aromatic N) is 3. The first-order valence-corrected chi connectivity index (χ1v) is 7.27. The van der Waals surface area contributed by atoms with Gasteiger partial charge in [0.05, 0.1) is 20.6 Å². The van der Waals surface area contributed by atoms with E-state index in [4.69, 9.17) is 33.7 Å². The highest BCUT2D eigenvalue weighted by Gasteiger charge is 2.14. The molecule has 0 heterocycles. The van der Waals surface area contributed by atoms with E-state index in [1.807, 2.05) is 0 Å². The SMILES string of the molecule is CS(=O)(=O)c1cc(Cl)c(NN=C(C#N)C#N)c(Cl)c1. The number of halogens is 2. The molecule has 1 rings (SSSR count). The Hall–Kier alpha value is -1.80. The fourth-order valence-electron chi connectivity index (χ4n) is 1.06. The Balaban J connectivity index is 3.24. The van der Waals surface area contributed by atoms with Gasteiger partial charge in [0.15, 0.2) is 9.84 Å². The van der Waals surface area contributed by atoms with Crippen LogP contribution in [0.15, 0.2) is 22.1 Å². The van der Waals surface area contributed by atoms with Gasteiger partial charge in [0.25, 0.3) is 0 Å². The van der Waals surface area contributed by atoms with E-state index in [1.54, 1.807) is 12.1 Å². The van der Waals surface area contributed by atoms with Crippen LogP contribution in [0.25, 0.3) is 0 Å². The largest absolute Gasteiger partial charge is 0.273 e. The lowest BCUT2D eigenvalue weighted by Gasteiger charge is -2.08. The maximum atomic E-state index is 11.4. The zero-order valence-corrected chi connectivity index (χ0v) is 11.8. The maximum absolute atomic E-state index is 11.4. The van der Waals surface area contributed by atoms with Gasteiger partial charge in [0, 0.05) is 6.26 Å². The molecule has 0 saturated heterocycles. The minimum atomic E-state index is -3.44. The Bertz CT molecular complexity index is 690. The molecule has 0 aliphatic carbocycles. The van der Waals surface area contributed by atoms with Crippen LogP contribution in [-0.2, 0) is 9.84 Å². The molecule has 0 fully saturated rings. The molecular weight excluding hydrogens is 311 g/mol. The first-order valence-electron chi connectivity index (χ1n) is 4.62. The third-order valence-electron chi connectivity index (χ3n) is 1.94. The highest BCUT2D eigenvalue weighted by atomic mass is 35.5. The van der Waals surface area contributed by atoms with E-state index in [0.717, 1.165) is 6.26 Å².